The van der Waals surface area contributed by atoms with Gasteiger partial charge in [-0.2, -0.15) is 5.26 Å². The molecule has 0 amide bonds. The summed E-state index contributed by atoms with van der Waals surface area (Å²) >= 11 is 0. The zero-order valence-electron chi connectivity index (χ0n) is 36.7. The third kappa shape index (κ3) is 6.56. The van der Waals surface area contributed by atoms with E-state index >= 15 is 0 Å². The first-order valence-electron chi connectivity index (χ1n) is 22.9. The molecule has 0 saturated heterocycles. The lowest BCUT2D eigenvalue weighted by Gasteiger charge is -2.17. The lowest BCUT2D eigenvalue weighted by atomic mass is 9.86. The second-order valence-electron chi connectivity index (χ2n) is 17.4. The van der Waals surface area contributed by atoms with Crippen LogP contribution in [0, 0.1) is 11.3 Å². The van der Waals surface area contributed by atoms with Crippen molar-refractivity contribution < 1.29 is 0 Å². The highest BCUT2D eigenvalue weighted by Gasteiger charge is 2.25. The number of aromatic nitrogens is 3. The van der Waals surface area contributed by atoms with Gasteiger partial charge in [-0.05, 0) is 117 Å². The second-order valence-corrected chi connectivity index (χ2v) is 17.4. The van der Waals surface area contributed by atoms with E-state index in [4.69, 9.17) is 15.0 Å². The van der Waals surface area contributed by atoms with Crippen molar-refractivity contribution in [1.82, 2.24) is 15.0 Å². The molecule has 0 atom stereocenters. The average Bonchev–Trinajstić information content (AvgIpc) is 3.75. The van der Waals surface area contributed by atoms with Crippen LogP contribution in [0.25, 0.3) is 133 Å². The highest BCUT2D eigenvalue weighted by Crippen LogP contribution is 2.52. The van der Waals surface area contributed by atoms with Gasteiger partial charge in [-0.1, -0.05) is 212 Å². The molecular formula is C64H38N4. The van der Waals surface area contributed by atoms with Crippen LogP contribution in [0.15, 0.2) is 231 Å². The van der Waals surface area contributed by atoms with E-state index in [1.54, 1.807) is 0 Å². The first-order chi connectivity index (χ1) is 33.6. The fourth-order valence-electron chi connectivity index (χ4n) is 10.2. The molecule has 1 heterocycles. The molecule has 4 heteroatoms. The van der Waals surface area contributed by atoms with Crippen LogP contribution in [-0.2, 0) is 0 Å². The van der Waals surface area contributed by atoms with E-state index in [1.165, 1.54) is 38.6 Å². The Kier molecular flexibility index (Phi) is 9.20. The molecule has 12 aromatic rings. The zero-order chi connectivity index (χ0) is 45.1. The number of nitrogens with zero attached hydrogens (tertiary/aromatic N) is 4. The Morgan fingerprint density at radius 2 is 0.691 bits per heavy atom. The van der Waals surface area contributed by atoms with Crippen LogP contribution in [0.5, 0.6) is 0 Å². The summed E-state index contributed by atoms with van der Waals surface area (Å²) in [5.74, 6) is 1.84. The molecule has 11 aromatic carbocycles. The molecule has 0 saturated carbocycles. The lowest BCUT2D eigenvalue weighted by Crippen LogP contribution is -2.00. The largest absolute Gasteiger partial charge is 0.208 e. The molecule has 0 aliphatic heterocycles. The number of nitriles is 1. The monoisotopic (exact) mass is 862 g/mol. The molecule has 0 N–H and O–H groups in total. The summed E-state index contributed by atoms with van der Waals surface area (Å²) in [6.45, 7) is 0. The molecule has 0 unspecified atom stereocenters. The summed E-state index contributed by atoms with van der Waals surface area (Å²) in [5, 5.41) is 16.7. The molecule has 1 aliphatic rings. The van der Waals surface area contributed by atoms with Crippen LogP contribution < -0.4 is 0 Å². The van der Waals surface area contributed by atoms with Gasteiger partial charge in [-0.3, -0.25) is 0 Å². The van der Waals surface area contributed by atoms with E-state index < -0.39 is 0 Å². The van der Waals surface area contributed by atoms with Crippen molar-refractivity contribution in [3.05, 3.63) is 236 Å². The van der Waals surface area contributed by atoms with Gasteiger partial charge in [0.25, 0.3) is 0 Å². The van der Waals surface area contributed by atoms with Crippen LogP contribution in [-0.4, -0.2) is 15.0 Å². The fraction of sp³-hybridized carbons (Fsp3) is 0. The van der Waals surface area contributed by atoms with Crippen LogP contribution >= 0.6 is 0 Å². The second kappa shape index (κ2) is 16.0. The first-order valence-corrected chi connectivity index (χ1v) is 22.9. The third-order valence-electron chi connectivity index (χ3n) is 13.6. The van der Waals surface area contributed by atoms with Crippen molar-refractivity contribution in [1.29, 1.82) is 5.26 Å². The summed E-state index contributed by atoms with van der Waals surface area (Å²) in [6, 6.07) is 83.6. The maximum Gasteiger partial charge on any atom is 0.164 e. The zero-order valence-corrected chi connectivity index (χ0v) is 36.7. The molecule has 0 radical (unpaired) electrons. The van der Waals surface area contributed by atoms with E-state index in [-0.39, 0.29) is 0 Å². The minimum absolute atomic E-state index is 0.610. The molecule has 1 aliphatic carbocycles. The van der Waals surface area contributed by atoms with Gasteiger partial charge in [0.1, 0.15) is 0 Å². The summed E-state index contributed by atoms with van der Waals surface area (Å²) in [7, 11) is 0. The van der Waals surface area contributed by atoms with Gasteiger partial charge >= 0.3 is 0 Å². The van der Waals surface area contributed by atoms with Gasteiger partial charge in [0.2, 0.25) is 0 Å². The number of hydrogen-bond donors (Lipinski definition) is 0. The summed E-state index contributed by atoms with van der Waals surface area (Å²) in [6.07, 6.45) is 0. The highest BCUT2D eigenvalue weighted by atomic mass is 15.0. The molecule has 1 aromatic heterocycles. The summed E-state index contributed by atoms with van der Waals surface area (Å²) in [4.78, 5) is 15.5. The van der Waals surface area contributed by atoms with Gasteiger partial charge < -0.3 is 0 Å². The van der Waals surface area contributed by atoms with Crippen LogP contribution in [0.1, 0.15) is 5.56 Å². The molecule has 68 heavy (non-hydrogen) atoms. The minimum Gasteiger partial charge on any atom is -0.208 e. The Morgan fingerprint density at radius 1 is 0.265 bits per heavy atom. The quantitative estimate of drug-likeness (QED) is 0.150. The molecule has 4 nitrogen and oxygen atoms in total. The van der Waals surface area contributed by atoms with Gasteiger partial charge in [0.05, 0.1) is 11.6 Å². The predicted molar refractivity (Wildman–Crippen MR) is 280 cm³/mol. The Bertz CT molecular complexity index is 3850. The molecule has 13 rings (SSSR count). The normalized spacial score (nSPS) is 11.5. The van der Waals surface area contributed by atoms with Crippen LogP contribution in [0.3, 0.4) is 0 Å². The molecule has 0 fully saturated rings. The maximum absolute atomic E-state index is 9.64. The standard InChI is InChI=1S/C64H38N4/c65-39-40-18-20-45(21-19-40)50-34-35-57-51-14-7-8-15-52(51)58-37-36-56(60(50)61(57)58)53-16-9-17-54-55(53)33-32-46-26-31-49(38-59(46)54)64-67-62(47-27-22-43(23-28-47)41-10-3-1-4-11-41)66-63(68-64)48-29-24-44(25-30-48)42-12-5-2-6-13-42/h1-38H. The number of rotatable bonds is 7. The summed E-state index contributed by atoms with van der Waals surface area (Å²) < 4.78 is 0. The fourth-order valence-corrected chi connectivity index (χ4v) is 10.2. The number of fused-ring (bicyclic) bond motifs is 6. The molecular weight excluding hydrogens is 825 g/mol. The van der Waals surface area contributed by atoms with Crippen LogP contribution in [0.4, 0.5) is 0 Å². The Balaban J connectivity index is 0.972. The van der Waals surface area contributed by atoms with Crippen molar-refractivity contribution in [2.75, 3.05) is 0 Å². The Hall–Kier alpha value is -9.30. The van der Waals surface area contributed by atoms with E-state index in [0.717, 1.165) is 77.2 Å². The van der Waals surface area contributed by atoms with Gasteiger partial charge in [0.15, 0.2) is 17.5 Å². The predicted octanol–water partition coefficient (Wildman–Crippen LogP) is 16.5. The third-order valence-corrected chi connectivity index (χ3v) is 13.6. The maximum atomic E-state index is 9.64. The number of hydrogen-bond acceptors (Lipinski definition) is 4. The smallest absolute Gasteiger partial charge is 0.164 e. The Labute approximate surface area is 393 Å². The van der Waals surface area contributed by atoms with Gasteiger partial charge in [-0.25, -0.2) is 15.0 Å². The topological polar surface area (TPSA) is 62.5 Å². The average molecular weight is 863 g/mol. The first kappa shape index (κ1) is 39.1. The molecule has 314 valence electrons. The van der Waals surface area contributed by atoms with Crippen molar-refractivity contribution in [2.24, 2.45) is 0 Å². The van der Waals surface area contributed by atoms with Crippen molar-refractivity contribution in [3.63, 3.8) is 0 Å². The molecule has 0 bridgehead atoms. The number of benzene rings is 11. The molecule has 0 spiro atoms. The lowest BCUT2D eigenvalue weighted by molar-refractivity contribution is 1.07. The van der Waals surface area contributed by atoms with Gasteiger partial charge in [0, 0.05) is 16.7 Å². The van der Waals surface area contributed by atoms with E-state index in [2.05, 4.69) is 212 Å². The van der Waals surface area contributed by atoms with E-state index in [1.807, 2.05) is 24.3 Å². The van der Waals surface area contributed by atoms with Gasteiger partial charge in [-0.15, -0.1) is 0 Å². The Morgan fingerprint density at radius 3 is 1.26 bits per heavy atom. The van der Waals surface area contributed by atoms with Crippen molar-refractivity contribution in [2.45, 2.75) is 0 Å². The SMILES string of the molecule is N#Cc1ccc(-c2ccc3c4c(ccc(-c5cccc6c5ccc5ccc(-c7nc(-c8ccc(-c9ccccc9)cc8)nc(-c8ccc(-c9ccccc9)cc8)n7)cc56)c24)-c2ccccc2-3)cc1. The van der Waals surface area contributed by atoms with E-state index in [0.29, 0.717) is 23.0 Å². The van der Waals surface area contributed by atoms with E-state index in [9.17, 15) is 5.26 Å². The summed E-state index contributed by atoms with van der Waals surface area (Å²) in [5.41, 5.74) is 17.5. The van der Waals surface area contributed by atoms with Crippen molar-refractivity contribution >= 4 is 32.3 Å². The minimum atomic E-state index is 0.610. The van der Waals surface area contributed by atoms with Crippen LogP contribution in [0.2, 0.25) is 0 Å². The highest BCUT2D eigenvalue weighted by molar-refractivity contribution is 6.24. The van der Waals surface area contributed by atoms with Crippen molar-refractivity contribution in [3.8, 4) is 107 Å².